The first-order chi connectivity index (χ1) is 19.5. The molecule has 214 valence electrons. The normalized spacial score (nSPS) is 16.4. The molecule has 2 aliphatic heterocycles. The minimum Gasteiger partial charge on any atom is -0.493 e. The number of methoxy groups -OCH3 is 9. The van der Waals surface area contributed by atoms with E-state index in [9.17, 15) is 0 Å². The minimum atomic E-state index is -0.579. The van der Waals surface area contributed by atoms with Crippen molar-refractivity contribution in [1.82, 2.24) is 0 Å². The van der Waals surface area contributed by atoms with Crippen molar-refractivity contribution in [3.05, 3.63) is 51.6 Å². The lowest BCUT2D eigenvalue weighted by molar-refractivity contribution is 0.0530. The summed E-state index contributed by atoms with van der Waals surface area (Å²) in [5.41, 5.74) is 5.01. The minimum absolute atomic E-state index is 0.450. The van der Waals surface area contributed by atoms with Crippen LogP contribution in [0.1, 0.15) is 45.6 Å². The van der Waals surface area contributed by atoms with Gasteiger partial charge in [-0.2, -0.15) is 0 Å². The molecule has 3 aromatic rings. The van der Waals surface area contributed by atoms with Crippen LogP contribution in [-0.2, 0) is 11.2 Å². The van der Waals surface area contributed by atoms with E-state index in [4.69, 9.17) is 47.4 Å². The summed E-state index contributed by atoms with van der Waals surface area (Å²) < 4.78 is 59.3. The first kappa shape index (κ1) is 27.4. The lowest BCUT2D eigenvalue weighted by atomic mass is 9.89. The van der Waals surface area contributed by atoms with Crippen LogP contribution in [0.25, 0.3) is 0 Å². The molecule has 10 heteroatoms. The summed E-state index contributed by atoms with van der Waals surface area (Å²) in [5, 5.41) is 0. The van der Waals surface area contributed by atoms with E-state index in [0.717, 1.165) is 33.4 Å². The number of ether oxygens (including phenoxy) is 10. The molecule has 10 nitrogen and oxygen atoms in total. The molecule has 0 radical (unpaired) electrons. The molecular weight excluding hydrogens is 520 g/mol. The van der Waals surface area contributed by atoms with Crippen LogP contribution in [0, 0.1) is 0 Å². The zero-order valence-corrected chi connectivity index (χ0v) is 24.2. The lowest BCUT2D eigenvalue weighted by Gasteiger charge is -2.29. The SMILES string of the molecule is COc1cc2c(c(OC)c1OC)Cc1cc(OC)c(OC)c(OC)c1C1OC2c2c1cc(OC)c(OC)c2OC. The Bertz CT molecular complexity index is 1450. The van der Waals surface area contributed by atoms with Gasteiger partial charge in [0.15, 0.2) is 34.5 Å². The van der Waals surface area contributed by atoms with E-state index in [1.54, 1.807) is 64.0 Å². The predicted molar refractivity (Wildman–Crippen MR) is 146 cm³/mol. The number of benzene rings is 3. The van der Waals surface area contributed by atoms with E-state index < -0.39 is 12.2 Å². The Balaban J connectivity index is 1.98. The third-order valence-corrected chi connectivity index (χ3v) is 7.55. The van der Waals surface area contributed by atoms with E-state index in [-0.39, 0.29) is 0 Å². The van der Waals surface area contributed by atoms with Crippen molar-refractivity contribution in [2.24, 2.45) is 0 Å². The van der Waals surface area contributed by atoms with Crippen LogP contribution >= 0.6 is 0 Å². The maximum atomic E-state index is 6.94. The summed E-state index contributed by atoms with van der Waals surface area (Å²) in [5.74, 6) is 4.50. The highest BCUT2D eigenvalue weighted by atomic mass is 16.6. The first-order valence-electron chi connectivity index (χ1n) is 12.6. The molecule has 2 heterocycles. The van der Waals surface area contributed by atoms with Crippen LogP contribution in [0.4, 0.5) is 0 Å². The highest BCUT2D eigenvalue weighted by Gasteiger charge is 2.45. The Hall–Kier alpha value is -4.18. The van der Waals surface area contributed by atoms with Crippen molar-refractivity contribution < 1.29 is 47.4 Å². The molecule has 0 spiro atoms. The molecule has 40 heavy (non-hydrogen) atoms. The molecule has 0 amide bonds. The molecule has 0 fully saturated rings. The van der Waals surface area contributed by atoms with E-state index in [1.165, 1.54) is 0 Å². The number of hydrogen-bond donors (Lipinski definition) is 0. The van der Waals surface area contributed by atoms with Gasteiger partial charge in [-0.3, -0.25) is 0 Å². The second-order valence-electron chi connectivity index (χ2n) is 9.15. The molecule has 5 rings (SSSR count). The van der Waals surface area contributed by atoms with Gasteiger partial charge in [0.05, 0.1) is 64.0 Å². The zero-order chi connectivity index (χ0) is 28.7. The number of rotatable bonds is 9. The van der Waals surface area contributed by atoms with Gasteiger partial charge in [-0.25, -0.2) is 0 Å². The van der Waals surface area contributed by atoms with Crippen molar-refractivity contribution in [3.63, 3.8) is 0 Å². The van der Waals surface area contributed by atoms with Crippen LogP contribution in [-0.4, -0.2) is 64.0 Å². The van der Waals surface area contributed by atoms with Gasteiger partial charge in [-0.1, -0.05) is 0 Å². The summed E-state index contributed by atoms with van der Waals surface area (Å²) in [6.45, 7) is 0. The average Bonchev–Trinajstić information content (AvgIpc) is 3.37. The zero-order valence-electron chi connectivity index (χ0n) is 24.2. The number of fused-ring (bicyclic) bond motifs is 9. The van der Waals surface area contributed by atoms with Gasteiger partial charge in [0.25, 0.3) is 0 Å². The smallest absolute Gasteiger partial charge is 0.203 e. The molecule has 0 saturated heterocycles. The highest BCUT2D eigenvalue weighted by Crippen LogP contribution is 2.61. The second-order valence-corrected chi connectivity index (χ2v) is 9.15. The van der Waals surface area contributed by atoms with Gasteiger partial charge in [0.2, 0.25) is 17.2 Å². The summed E-state index contributed by atoms with van der Waals surface area (Å²) in [7, 11) is 14.3. The van der Waals surface area contributed by atoms with Crippen molar-refractivity contribution in [2.45, 2.75) is 18.6 Å². The number of hydrogen-bond acceptors (Lipinski definition) is 10. The van der Waals surface area contributed by atoms with Crippen LogP contribution in [0.5, 0.6) is 51.7 Å². The van der Waals surface area contributed by atoms with E-state index >= 15 is 0 Å². The maximum Gasteiger partial charge on any atom is 0.203 e. The topological polar surface area (TPSA) is 92.3 Å². The third kappa shape index (κ3) is 3.81. The largest absolute Gasteiger partial charge is 0.493 e. The summed E-state index contributed by atoms with van der Waals surface area (Å²) in [4.78, 5) is 0. The van der Waals surface area contributed by atoms with Gasteiger partial charge in [0, 0.05) is 23.1 Å². The lowest BCUT2D eigenvalue weighted by Crippen LogP contribution is -2.15. The third-order valence-electron chi connectivity index (χ3n) is 7.55. The van der Waals surface area contributed by atoms with E-state index in [0.29, 0.717) is 58.2 Å². The fraction of sp³-hybridized carbons (Fsp3) is 0.400. The van der Waals surface area contributed by atoms with Gasteiger partial charge in [-0.05, 0) is 34.9 Å². The van der Waals surface area contributed by atoms with Crippen LogP contribution in [0.3, 0.4) is 0 Å². The Labute approximate surface area is 233 Å². The average molecular weight is 555 g/mol. The molecule has 2 atom stereocenters. The van der Waals surface area contributed by atoms with Crippen LogP contribution in [0.15, 0.2) is 18.2 Å². The van der Waals surface area contributed by atoms with Gasteiger partial charge in [0.1, 0.15) is 12.2 Å². The quantitative estimate of drug-likeness (QED) is 0.365. The second kappa shape index (κ2) is 10.8. The molecule has 0 aromatic heterocycles. The van der Waals surface area contributed by atoms with Crippen molar-refractivity contribution in [3.8, 4) is 51.7 Å². The summed E-state index contributed by atoms with van der Waals surface area (Å²) in [6.07, 6.45) is -0.693. The van der Waals surface area contributed by atoms with Gasteiger partial charge >= 0.3 is 0 Å². The maximum absolute atomic E-state index is 6.94. The molecular formula is C30H34O10. The highest BCUT2D eigenvalue weighted by molar-refractivity contribution is 5.71. The Morgan fingerprint density at radius 3 is 1.40 bits per heavy atom. The van der Waals surface area contributed by atoms with E-state index in [2.05, 4.69) is 0 Å². The first-order valence-corrected chi connectivity index (χ1v) is 12.6. The van der Waals surface area contributed by atoms with Gasteiger partial charge in [-0.15, -0.1) is 0 Å². The fourth-order valence-corrected chi connectivity index (χ4v) is 5.92. The molecule has 2 unspecified atom stereocenters. The molecule has 2 bridgehead atoms. The van der Waals surface area contributed by atoms with E-state index in [1.807, 2.05) is 18.2 Å². The van der Waals surface area contributed by atoms with Crippen molar-refractivity contribution >= 4 is 0 Å². The van der Waals surface area contributed by atoms with Crippen LogP contribution < -0.4 is 42.6 Å². The molecule has 2 aliphatic rings. The Kier molecular flexibility index (Phi) is 7.37. The molecule has 0 N–H and O–H groups in total. The summed E-state index contributed by atoms with van der Waals surface area (Å²) in [6, 6.07) is 5.78. The molecule has 0 aliphatic carbocycles. The summed E-state index contributed by atoms with van der Waals surface area (Å²) >= 11 is 0. The fourth-order valence-electron chi connectivity index (χ4n) is 5.92. The van der Waals surface area contributed by atoms with Gasteiger partial charge < -0.3 is 47.4 Å². The standard InChI is InChI=1S/C30H34O10/c1-31-18-11-14-10-15-16(12-19(32-2)26(35-5)25(15)34-4)23-22-17(13-20(33-3)28(37-7)30(22)39-9)24(40-23)21(14)29(38-8)27(18)36-6/h11-13,23-24H,10H2,1-9H3. The molecule has 3 aromatic carbocycles. The van der Waals surface area contributed by atoms with Crippen molar-refractivity contribution in [2.75, 3.05) is 64.0 Å². The predicted octanol–water partition coefficient (Wildman–Crippen LogP) is 4.88. The Morgan fingerprint density at radius 2 is 0.900 bits per heavy atom. The van der Waals surface area contributed by atoms with Crippen molar-refractivity contribution in [1.29, 1.82) is 0 Å². The Morgan fingerprint density at radius 1 is 0.475 bits per heavy atom. The van der Waals surface area contributed by atoms with Crippen LogP contribution in [0.2, 0.25) is 0 Å². The molecule has 0 saturated carbocycles. The monoisotopic (exact) mass is 554 g/mol.